The lowest BCUT2D eigenvalue weighted by molar-refractivity contribution is -0.129. The second-order valence-electron chi connectivity index (χ2n) is 7.67. The average molecular weight is 397 g/mol. The third-order valence-electron chi connectivity index (χ3n) is 5.19. The number of phenols is 1. The highest BCUT2D eigenvalue weighted by Gasteiger charge is 2.24. The number of rotatable bonds is 10. The van der Waals surface area contributed by atoms with E-state index < -0.39 is 5.97 Å². The van der Waals surface area contributed by atoms with Crippen LogP contribution in [0.5, 0.6) is 11.5 Å². The van der Waals surface area contributed by atoms with E-state index in [2.05, 4.69) is 19.6 Å². The van der Waals surface area contributed by atoms with Crippen molar-refractivity contribution in [1.29, 1.82) is 0 Å². The molecule has 0 fully saturated rings. The van der Waals surface area contributed by atoms with Crippen LogP contribution in [0.15, 0.2) is 43.0 Å². The Morgan fingerprint density at radius 3 is 2.55 bits per heavy atom. The number of aryl methyl sites for hydroxylation is 3. The van der Waals surface area contributed by atoms with E-state index in [0.717, 1.165) is 47.1 Å². The topological polar surface area (TPSA) is 46.5 Å². The van der Waals surface area contributed by atoms with Gasteiger partial charge in [0.15, 0.2) is 0 Å². The fourth-order valence-corrected chi connectivity index (χ4v) is 3.73. The molecule has 0 spiro atoms. The summed E-state index contributed by atoms with van der Waals surface area (Å²) in [5.74, 6) is 0.214. The van der Waals surface area contributed by atoms with E-state index in [1.165, 1.54) is 6.08 Å². The highest BCUT2D eigenvalue weighted by Crippen LogP contribution is 2.42. The first-order chi connectivity index (χ1) is 14.3. The van der Waals surface area contributed by atoms with Crippen LogP contribution in [0.1, 0.15) is 81.0 Å². The molecule has 2 aromatic rings. The number of hydrogen-bond acceptors (Lipinski definition) is 3. The normalized spacial score (nSPS) is 13.4. The number of phenolic OH excluding ortho intramolecular Hbond substituents is 1. The van der Waals surface area contributed by atoms with Crippen LogP contribution >= 0.6 is 0 Å². The van der Waals surface area contributed by atoms with Crippen molar-refractivity contribution in [3.8, 4) is 11.5 Å². The number of hydrogen-bond donors (Lipinski definition) is 1. The van der Waals surface area contributed by atoms with Gasteiger partial charge in [0.2, 0.25) is 0 Å². The molecule has 2 atom stereocenters. The summed E-state index contributed by atoms with van der Waals surface area (Å²) in [7, 11) is 0. The Morgan fingerprint density at radius 2 is 1.90 bits per heavy atom. The van der Waals surface area contributed by atoms with Crippen LogP contribution in [-0.2, 0) is 11.2 Å². The molecule has 1 N–H and O–H groups in total. The van der Waals surface area contributed by atoms with Crippen molar-refractivity contribution in [3.05, 3.63) is 70.8 Å². The van der Waals surface area contributed by atoms with Crippen LogP contribution in [0.2, 0.25) is 0 Å². The predicted molar refractivity (Wildman–Crippen MR) is 120 cm³/mol. The van der Waals surface area contributed by atoms with Crippen molar-refractivity contribution in [2.75, 3.05) is 0 Å². The van der Waals surface area contributed by atoms with E-state index in [0.29, 0.717) is 18.6 Å². The highest BCUT2D eigenvalue weighted by atomic mass is 16.5. The van der Waals surface area contributed by atoms with Gasteiger partial charge in [0.05, 0.1) is 0 Å². The number of aromatic hydroxyl groups is 1. The summed E-state index contributed by atoms with van der Waals surface area (Å²) < 4.78 is 13.7. The highest BCUT2D eigenvalue weighted by molar-refractivity contribution is 5.84. The standard InChI is InChI=1S/C26H34O3/c1-6-9-11-20-15-19(5)17-23(26(20)29-25(28)8-3)21(12-10-7-2)22-16-18(4)13-14-24(22)27/h8,13-17,21,27H,3,6-7,9-12H2,1-2,4-5H3/i6T. The Hall–Kier alpha value is -2.55. The van der Waals surface area contributed by atoms with E-state index in [4.69, 9.17) is 6.11 Å². The lowest BCUT2D eigenvalue weighted by Gasteiger charge is -2.24. The van der Waals surface area contributed by atoms with Gasteiger partial charge in [-0.1, -0.05) is 75.1 Å². The van der Waals surface area contributed by atoms with Gasteiger partial charge in [0.1, 0.15) is 11.5 Å². The molecular formula is C26H34O3. The van der Waals surface area contributed by atoms with Gasteiger partial charge in [0.25, 0.3) is 0 Å². The lowest BCUT2D eigenvalue weighted by atomic mass is 9.83. The molecule has 3 nitrogen and oxygen atoms in total. The summed E-state index contributed by atoms with van der Waals surface area (Å²) >= 11 is 0. The van der Waals surface area contributed by atoms with Crippen molar-refractivity contribution < 1.29 is 16.0 Å². The third kappa shape index (κ3) is 5.96. The fourth-order valence-electron chi connectivity index (χ4n) is 3.73. The molecule has 2 aromatic carbocycles. The van der Waals surface area contributed by atoms with Gasteiger partial charge < -0.3 is 9.84 Å². The van der Waals surface area contributed by atoms with E-state index in [-0.39, 0.29) is 18.1 Å². The Morgan fingerprint density at radius 1 is 1.17 bits per heavy atom. The minimum atomic E-state index is -0.497. The van der Waals surface area contributed by atoms with Gasteiger partial charge in [-0.2, -0.15) is 0 Å². The number of ether oxygens (including phenoxy) is 1. The Balaban J connectivity index is 2.69. The fraction of sp³-hybridized carbons (Fsp3) is 0.423. The Kier molecular flexibility index (Phi) is 7.92. The molecule has 29 heavy (non-hydrogen) atoms. The maximum Gasteiger partial charge on any atom is 0.335 e. The SMILES string of the molecule is [3H]C(C)CCc1cc(C)cc(C(CCCC)c2cc(C)ccc2O)c1OC(=O)C=C. The summed E-state index contributed by atoms with van der Waals surface area (Å²) in [6.45, 7) is 11.6. The first-order valence-electron chi connectivity index (χ1n) is 11.0. The maximum absolute atomic E-state index is 12.2. The van der Waals surface area contributed by atoms with Crippen LogP contribution in [-0.4, -0.2) is 11.1 Å². The van der Waals surface area contributed by atoms with Crippen LogP contribution in [0, 0.1) is 13.8 Å². The summed E-state index contributed by atoms with van der Waals surface area (Å²) in [5.41, 5.74) is 4.83. The minimum Gasteiger partial charge on any atom is -0.508 e. The second-order valence-corrected chi connectivity index (χ2v) is 7.67. The minimum absolute atomic E-state index is 0.0930. The molecule has 0 radical (unpaired) electrons. The van der Waals surface area contributed by atoms with Gasteiger partial charge >= 0.3 is 5.97 Å². The molecule has 0 aliphatic rings. The van der Waals surface area contributed by atoms with Crippen LogP contribution in [0.3, 0.4) is 0 Å². The number of esters is 1. The second kappa shape index (κ2) is 10.8. The maximum atomic E-state index is 12.2. The predicted octanol–water partition coefficient (Wildman–Crippen LogP) is 6.77. The van der Waals surface area contributed by atoms with Gasteiger partial charge in [0, 0.05) is 24.5 Å². The zero-order valence-electron chi connectivity index (χ0n) is 19.1. The van der Waals surface area contributed by atoms with Gasteiger partial charge in [-0.05, 0) is 44.7 Å². The van der Waals surface area contributed by atoms with E-state index in [1.807, 2.05) is 39.0 Å². The van der Waals surface area contributed by atoms with E-state index in [9.17, 15) is 9.90 Å². The molecule has 0 aromatic heterocycles. The first-order valence-corrected chi connectivity index (χ1v) is 10.5. The summed E-state index contributed by atoms with van der Waals surface area (Å²) in [5, 5.41) is 10.7. The van der Waals surface area contributed by atoms with Gasteiger partial charge in [-0.3, -0.25) is 0 Å². The molecule has 2 rings (SSSR count). The molecule has 0 amide bonds. The quantitative estimate of drug-likeness (QED) is 0.274. The van der Waals surface area contributed by atoms with Crippen molar-refractivity contribution >= 4 is 5.97 Å². The molecule has 0 heterocycles. The summed E-state index contributed by atoms with van der Waals surface area (Å²) in [4.78, 5) is 12.2. The monoisotopic (exact) mass is 396 g/mol. The molecule has 2 unspecified atom stereocenters. The zero-order chi connectivity index (χ0) is 22.3. The number of unbranched alkanes of at least 4 members (excludes halogenated alkanes) is 1. The molecule has 156 valence electrons. The smallest absolute Gasteiger partial charge is 0.335 e. The van der Waals surface area contributed by atoms with Crippen molar-refractivity contribution in [2.45, 2.75) is 72.1 Å². The number of benzene rings is 2. The summed E-state index contributed by atoms with van der Waals surface area (Å²) in [6.07, 6.45) is 5.15. The largest absolute Gasteiger partial charge is 0.508 e. The number of carbonyl (C=O) groups is 1. The Labute approximate surface area is 176 Å². The zero-order valence-corrected chi connectivity index (χ0v) is 18.1. The molecule has 0 aliphatic carbocycles. The van der Waals surface area contributed by atoms with Gasteiger partial charge in [-0.25, -0.2) is 4.79 Å². The van der Waals surface area contributed by atoms with Gasteiger partial charge in [-0.15, -0.1) is 0 Å². The van der Waals surface area contributed by atoms with Crippen molar-refractivity contribution in [1.82, 2.24) is 0 Å². The lowest BCUT2D eigenvalue weighted by Crippen LogP contribution is -2.12. The summed E-state index contributed by atoms with van der Waals surface area (Å²) in [6, 6.07) is 9.73. The van der Waals surface area contributed by atoms with Crippen molar-refractivity contribution in [3.63, 3.8) is 0 Å². The number of carbonyl (C=O) groups excluding carboxylic acids is 1. The Bertz CT molecular complexity index is 886. The molecule has 0 saturated carbocycles. The molecule has 0 bridgehead atoms. The van der Waals surface area contributed by atoms with E-state index >= 15 is 0 Å². The molecule has 0 saturated heterocycles. The van der Waals surface area contributed by atoms with Crippen molar-refractivity contribution in [2.24, 2.45) is 0 Å². The van der Waals surface area contributed by atoms with E-state index in [1.54, 1.807) is 6.07 Å². The van der Waals surface area contributed by atoms with Crippen LogP contribution in [0.4, 0.5) is 0 Å². The first kappa shape index (κ1) is 21.2. The van der Waals surface area contributed by atoms with Crippen LogP contribution in [0.25, 0.3) is 0 Å². The third-order valence-corrected chi connectivity index (χ3v) is 5.19. The molecule has 0 aliphatic heterocycles. The van der Waals surface area contributed by atoms with Crippen LogP contribution < -0.4 is 4.74 Å². The molecule has 3 heteroatoms. The molecular weight excluding hydrogens is 360 g/mol. The average Bonchev–Trinajstić information content (AvgIpc) is 2.70.